The summed E-state index contributed by atoms with van der Waals surface area (Å²) in [7, 11) is 0. The average Bonchev–Trinajstić information content (AvgIpc) is 2.52. The molecule has 1 heterocycles. The molecular formula is C16H17N3O2. The molecule has 2 aromatic rings. The van der Waals surface area contributed by atoms with Crippen LogP contribution in [0.1, 0.15) is 29.3 Å². The lowest BCUT2D eigenvalue weighted by molar-refractivity contribution is -0.115. The molecule has 21 heavy (non-hydrogen) atoms. The lowest BCUT2D eigenvalue weighted by atomic mass is 10.1. The van der Waals surface area contributed by atoms with Crippen molar-refractivity contribution < 1.29 is 9.59 Å². The number of aromatic nitrogens is 1. The van der Waals surface area contributed by atoms with Crippen LogP contribution >= 0.6 is 0 Å². The quantitative estimate of drug-likeness (QED) is 0.906. The van der Waals surface area contributed by atoms with E-state index in [9.17, 15) is 9.59 Å². The first-order chi connectivity index (χ1) is 10.1. The summed E-state index contributed by atoms with van der Waals surface area (Å²) in [5.41, 5.74) is 2.73. The minimum Gasteiger partial charge on any atom is -0.326 e. The van der Waals surface area contributed by atoms with E-state index in [0.717, 1.165) is 5.56 Å². The Bertz CT molecular complexity index is 654. The lowest BCUT2D eigenvalue weighted by Gasteiger charge is -2.13. The van der Waals surface area contributed by atoms with Crippen molar-refractivity contribution in [2.75, 3.05) is 10.6 Å². The Labute approximate surface area is 123 Å². The number of rotatable bonds is 4. The first-order valence-electron chi connectivity index (χ1n) is 6.72. The van der Waals surface area contributed by atoms with Crippen molar-refractivity contribution in [3.63, 3.8) is 0 Å². The Kier molecular flexibility index (Phi) is 4.66. The maximum Gasteiger partial charge on any atom is 0.255 e. The van der Waals surface area contributed by atoms with Gasteiger partial charge in [0, 0.05) is 35.8 Å². The van der Waals surface area contributed by atoms with E-state index in [1.54, 1.807) is 43.6 Å². The van der Waals surface area contributed by atoms with Gasteiger partial charge in [-0.1, -0.05) is 13.0 Å². The third-order valence-electron chi connectivity index (χ3n) is 3.12. The van der Waals surface area contributed by atoms with Crippen molar-refractivity contribution in [2.24, 2.45) is 0 Å². The number of hydrogen-bond acceptors (Lipinski definition) is 3. The van der Waals surface area contributed by atoms with Crippen molar-refractivity contribution in [2.45, 2.75) is 20.3 Å². The van der Waals surface area contributed by atoms with Gasteiger partial charge in [-0.25, -0.2) is 0 Å². The molecule has 1 aromatic carbocycles. The van der Waals surface area contributed by atoms with Crippen LogP contribution in [0.3, 0.4) is 0 Å². The van der Waals surface area contributed by atoms with Gasteiger partial charge in [-0.05, 0) is 36.8 Å². The van der Waals surface area contributed by atoms with Crippen LogP contribution in [0.25, 0.3) is 0 Å². The van der Waals surface area contributed by atoms with Crippen molar-refractivity contribution in [1.29, 1.82) is 0 Å². The zero-order valence-corrected chi connectivity index (χ0v) is 12.0. The summed E-state index contributed by atoms with van der Waals surface area (Å²) >= 11 is 0. The smallest absolute Gasteiger partial charge is 0.255 e. The Morgan fingerprint density at radius 2 is 1.67 bits per heavy atom. The van der Waals surface area contributed by atoms with E-state index in [0.29, 0.717) is 23.4 Å². The normalized spacial score (nSPS) is 10.0. The van der Waals surface area contributed by atoms with Gasteiger partial charge < -0.3 is 10.6 Å². The van der Waals surface area contributed by atoms with Crippen LogP contribution in [0.5, 0.6) is 0 Å². The minimum atomic E-state index is -0.209. The summed E-state index contributed by atoms with van der Waals surface area (Å²) in [4.78, 5) is 27.5. The van der Waals surface area contributed by atoms with Gasteiger partial charge in [-0.15, -0.1) is 0 Å². The third kappa shape index (κ3) is 3.66. The number of carbonyl (C=O) groups excluding carboxylic acids is 2. The van der Waals surface area contributed by atoms with Crippen molar-refractivity contribution >= 4 is 23.2 Å². The van der Waals surface area contributed by atoms with Crippen molar-refractivity contribution in [1.82, 2.24) is 4.98 Å². The molecule has 0 saturated heterocycles. The van der Waals surface area contributed by atoms with Gasteiger partial charge in [0.05, 0.1) is 0 Å². The number of anilines is 2. The average molecular weight is 283 g/mol. The van der Waals surface area contributed by atoms with Crippen molar-refractivity contribution in [3.05, 3.63) is 53.9 Å². The number of nitrogens with zero attached hydrogens (tertiary/aromatic N) is 1. The molecule has 5 nitrogen and oxygen atoms in total. The fourth-order valence-electron chi connectivity index (χ4n) is 1.84. The first-order valence-corrected chi connectivity index (χ1v) is 6.72. The SMILES string of the molecule is CCC(=O)Nc1cccc(NC(=O)c2ccncc2)c1C. The molecular weight excluding hydrogens is 266 g/mol. The van der Waals surface area contributed by atoms with E-state index in [4.69, 9.17) is 0 Å². The second-order valence-electron chi connectivity index (χ2n) is 4.57. The van der Waals surface area contributed by atoms with Gasteiger partial charge in [0.2, 0.25) is 5.91 Å². The molecule has 0 saturated carbocycles. The summed E-state index contributed by atoms with van der Waals surface area (Å²) in [6.07, 6.45) is 3.55. The standard InChI is InChI=1S/C16H17N3O2/c1-3-15(20)18-13-5-4-6-14(11(13)2)19-16(21)12-7-9-17-10-8-12/h4-10H,3H2,1-2H3,(H,18,20)(H,19,21). The van der Waals surface area contributed by atoms with Gasteiger partial charge in [-0.3, -0.25) is 14.6 Å². The fraction of sp³-hybridized carbons (Fsp3) is 0.188. The second kappa shape index (κ2) is 6.65. The Hall–Kier alpha value is -2.69. The molecule has 0 aliphatic rings. The summed E-state index contributed by atoms with van der Waals surface area (Å²) in [6, 6.07) is 8.70. The van der Waals surface area contributed by atoms with E-state index in [1.807, 2.05) is 13.0 Å². The third-order valence-corrected chi connectivity index (χ3v) is 3.12. The molecule has 0 aliphatic carbocycles. The van der Waals surface area contributed by atoms with Crippen LogP contribution in [0.4, 0.5) is 11.4 Å². The predicted molar refractivity (Wildman–Crippen MR) is 82.3 cm³/mol. The van der Waals surface area contributed by atoms with E-state index in [-0.39, 0.29) is 11.8 Å². The maximum absolute atomic E-state index is 12.1. The molecule has 108 valence electrons. The molecule has 5 heteroatoms. The van der Waals surface area contributed by atoms with Gasteiger partial charge in [0.15, 0.2) is 0 Å². The number of amides is 2. The van der Waals surface area contributed by atoms with Crippen LogP contribution in [0.15, 0.2) is 42.7 Å². The highest BCUT2D eigenvalue weighted by molar-refractivity contribution is 6.05. The molecule has 0 fully saturated rings. The van der Waals surface area contributed by atoms with Crippen LogP contribution in [-0.2, 0) is 4.79 Å². The van der Waals surface area contributed by atoms with E-state index in [1.165, 1.54) is 0 Å². The Balaban J connectivity index is 2.19. The maximum atomic E-state index is 12.1. The Morgan fingerprint density at radius 1 is 1.05 bits per heavy atom. The van der Waals surface area contributed by atoms with Crippen LogP contribution < -0.4 is 10.6 Å². The molecule has 0 radical (unpaired) electrons. The molecule has 2 amide bonds. The summed E-state index contributed by atoms with van der Waals surface area (Å²) < 4.78 is 0. The molecule has 0 atom stereocenters. The zero-order chi connectivity index (χ0) is 15.2. The largest absolute Gasteiger partial charge is 0.326 e. The van der Waals surface area contributed by atoms with E-state index < -0.39 is 0 Å². The predicted octanol–water partition coefficient (Wildman–Crippen LogP) is 2.99. The number of pyridine rings is 1. The number of hydrogen-bond donors (Lipinski definition) is 2. The van der Waals surface area contributed by atoms with E-state index >= 15 is 0 Å². The topological polar surface area (TPSA) is 71.1 Å². The molecule has 2 rings (SSSR count). The molecule has 1 aromatic heterocycles. The fourth-order valence-corrected chi connectivity index (χ4v) is 1.84. The highest BCUT2D eigenvalue weighted by Gasteiger charge is 2.10. The van der Waals surface area contributed by atoms with Gasteiger partial charge in [-0.2, -0.15) is 0 Å². The zero-order valence-electron chi connectivity index (χ0n) is 12.0. The molecule has 0 aliphatic heterocycles. The van der Waals surface area contributed by atoms with Gasteiger partial charge in [0.1, 0.15) is 0 Å². The van der Waals surface area contributed by atoms with Crippen molar-refractivity contribution in [3.8, 4) is 0 Å². The first kappa shape index (κ1) is 14.7. The lowest BCUT2D eigenvalue weighted by Crippen LogP contribution is -2.15. The Morgan fingerprint density at radius 3 is 2.29 bits per heavy atom. The highest BCUT2D eigenvalue weighted by Crippen LogP contribution is 2.24. The second-order valence-corrected chi connectivity index (χ2v) is 4.57. The molecule has 0 bridgehead atoms. The molecule has 0 spiro atoms. The minimum absolute atomic E-state index is 0.0595. The summed E-state index contributed by atoms with van der Waals surface area (Å²) in [5, 5.41) is 5.65. The highest BCUT2D eigenvalue weighted by atomic mass is 16.2. The van der Waals surface area contributed by atoms with Gasteiger partial charge in [0.25, 0.3) is 5.91 Å². The van der Waals surface area contributed by atoms with Gasteiger partial charge >= 0.3 is 0 Å². The monoisotopic (exact) mass is 283 g/mol. The van der Waals surface area contributed by atoms with Crippen LogP contribution in [-0.4, -0.2) is 16.8 Å². The van der Waals surface area contributed by atoms with E-state index in [2.05, 4.69) is 15.6 Å². The number of nitrogens with one attached hydrogen (secondary N) is 2. The molecule has 2 N–H and O–H groups in total. The number of carbonyl (C=O) groups is 2. The number of benzene rings is 1. The summed E-state index contributed by atoms with van der Waals surface area (Å²) in [6.45, 7) is 3.65. The molecule has 0 unspecified atom stereocenters. The van der Waals surface area contributed by atoms with Crippen LogP contribution in [0, 0.1) is 6.92 Å². The van der Waals surface area contributed by atoms with Crippen LogP contribution in [0.2, 0.25) is 0 Å². The summed E-state index contributed by atoms with van der Waals surface area (Å²) in [5.74, 6) is -0.268.